The molecule has 0 fully saturated rings. The number of hydrogen-bond acceptors (Lipinski definition) is 2. The molecule has 0 aliphatic heterocycles. The van der Waals surface area contributed by atoms with Crippen LogP contribution >= 0.6 is 23.2 Å². The third-order valence-corrected chi connectivity index (χ3v) is 4.18. The minimum absolute atomic E-state index is 0.237. The first-order valence-electron chi connectivity index (χ1n) is 8.14. The number of amides is 1. The van der Waals surface area contributed by atoms with Crippen molar-refractivity contribution in [1.82, 2.24) is 0 Å². The fraction of sp³-hybridized carbons (Fsp3) is 0.0952. The number of carbonyl (C=O) groups excluding carboxylic acids is 1. The Morgan fingerprint density at radius 3 is 2.19 bits per heavy atom. The van der Waals surface area contributed by atoms with Gasteiger partial charge in [0.1, 0.15) is 5.75 Å². The van der Waals surface area contributed by atoms with E-state index < -0.39 is 0 Å². The number of anilines is 1. The molecule has 0 spiro atoms. The summed E-state index contributed by atoms with van der Waals surface area (Å²) < 4.78 is 5.73. The monoisotopic (exact) mass is 385 g/mol. The van der Waals surface area contributed by atoms with E-state index in [1.165, 1.54) is 5.56 Å². The van der Waals surface area contributed by atoms with Crippen LogP contribution in [0.3, 0.4) is 0 Å². The van der Waals surface area contributed by atoms with Crippen molar-refractivity contribution in [2.24, 2.45) is 0 Å². The number of rotatable bonds is 6. The van der Waals surface area contributed by atoms with Gasteiger partial charge in [-0.15, -0.1) is 0 Å². The van der Waals surface area contributed by atoms with Crippen LogP contribution in [0.15, 0.2) is 72.8 Å². The molecule has 0 atom stereocenters. The van der Waals surface area contributed by atoms with Gasteiger partial charge in [-0.2, -0.15) is 0 Å². The maximum absolute atomic E-state index is 12.3. The van der Waals surface area contributed by atoms with Crippen LogP contribution in [0.1, 0.15) is 15.9 Å². The number of halogens is 2. The molecule has 0 saturated carbocycles. The molecule has 3 nitrogen and oxygen atoms in total. The van der Waals surface area contributed by atoms with Gasteiger partial charge in [0.2, 0.25) is 0 Å². The summed E-state index contributed by atoms with van der Waals surface area (Å²) in [6.45, 7) is 0.580. The van der Waals surface area contributed by atoms with Gasteiger partial charge >= 0.3 is 0 Å². The topological polar surface area (TPSA) is 38.3 Å². The summed E-state index contributed by atoms with van der Waals surface area (Å²) >= 11 is 11.9. The Labute approximate surface area is 162 Å². The van der Waals surface area contributed by atoms with E-state index in [1.54, 1.807) is 42.5 Å². The molecule has 1 N–H and O–H groups in total. The average Bonchev–Trinajstić information content (AvgIpc) is 2.62. The van der Waals surface area contributed by atoms with Gasteiger partial charge in [-0.05, 0) is 48.0 Å². The summed E-state index contributed by atoms with van der Waals surface area (Å²) in [5.41, 5.74) is 2.30. The second-order valence-electron chi connectivity index (χ2n) is 5.72. The van der Waals surface area contributed by atoms with Crippen LogP contribution in [0, 0.1) is 0 Å². The molecule has 26 heavy (non-hydrogen) atoms. The predicted molar refractivity (Wildman–Crippen MR) is 106 cm³/mol. The van der Waals surface area contributed by atoms with Gasteiger partial charge in [-0.1, -0.05) is 53.5 Å². The molecule has 132 valence electrons. The zero-order valence-electron chi connectivity index (χ0n) is 13.9. The maximum Gasteiger partial charge on any atom is 0.255 e. The zero-order valence-corrected chi connectivity index (χ0v) is 15.4. The molecule has 0 unspecified atom stereocenters. The fourth-order valence-corrected chi connectivity index (χ4v) is 2.99. The molecule has 3 rings (SSSR count). The molecule has 5 heteroatoms. The third-order valence-electron chi connectivity index (χ3n) is 3.74. The molecule has 0 bridgehead atoms. The minimum atomic E-state index is -0.237. The van der Waals surface area contributed by atoms with Gasteiger partial charge in [0.25, 0.3) is 5.91 Å². The predicted octanol–water partition coefficient (Wildman–Crippen LogP) is 5.87. The average molecular weight is 386 g/mol. The van der Waals surface area contributed by atoms with Gasteiger partial charge in [-0.25, -0.2) is 0 Å². The molecule has 0 aliphatic rings. The van der Waals surface area contributed by atoms with Crippen LogP contribution in [0.25, 0.3) is 0 Å². The summed E-state index contributed by atoms with van der Waals surface area (Å²) in [5, 5.41) is 3.71. The first-order chi connectivity index (χ1) is 12.6. The molecular weight excluding hydrogens is 369 g/mol. The summed E-state index contributed by atoms with van der Waals surface area (Å²) in [5.74, 6) is 0.488. The van der Waals surface area contributed by atoms with Crippen molar-refractivity contribution in [2.75, 3.05) is 11.9 Å². The SMILES string of the molecule is O=C(Nc1cc(Cl)cc(Cl)c1)c1ccc(OCCc2ccccc2)cc1. The molecule has 0 aromatic heterocycles. The van der Waals surface area contributed by atoms with E-state index in [1.807, 2.05) is 18.2 Å². The summed E-state index contributed by atoms with van der Waals surface area (Å²) in [7, 11) is 0. The van der Waals surface area contributed by atoms with Gasteiger partial charge < -0.3 is 10.1 Å². The summed E-state index contributed by atoms with van der Waals surface area (Å²) in [4.78, 5) is 12.3. The second-order valence-corrected chi connectivity index (χ2v) is 6.59. The highest BCUT2D eigenvalue weighted by atomic mass is 35.5. The number of benzene rings is 3. The number of carbonyl (C=O) groups is 1. The molecule has 1 amide bonds. The minimum Gasteiger partial charge on any atom is -0.493 e. The molecule has 3 aromatic rings. The molecule has 3 aromatic carbocycles. The van der Waals surface area contributed by atoms with E-state index in [-0.39, 0.29) is 5.91 Å². The van der Waals surface area contributed by atoms with Gasteiger partial charge in [0.15, 0.2) is 0 Å². The second kappa shape index (κ2) is 8.75. The van der Waals surface area contributed by atoms with Crippen LogP contribution in [-0.2, 0) is 6.42 Å². The van der Waals surface area contributed by atoms with Crippen molar-refractivity contribution in [3.8, 4) is 5.75 Å². The zero-order chi connectivity index (χ0) is 18.4. The lowest BCUT2D eigenvalue weighted by Crippen LogP contribution is -2.11. The van der Waals surface area contributed by atoms with Gasteiger partial charge in [0.05, 0.1) is 6.61 Å². The highest BCUT2D eigenvalue weighted by molar-refractivity contribution is 6.35. The van der Waals surface area contributed by atoms with E-state index in [0.29, 0.717) is 27.9 Å². The van der Waals surface area contributed by atoms with E-state index in [4.69, 9.17) is 27.9 Å². The van der Waals surface area contributed by atoms with Crippen molar-refractivity contribution in [3.05, 3.63) is 94.0 Å². The van der Waals surface area contributed by atoms with Crippen molar-refractivity contribution in [1.29, 1.82) is 0 Å². The van der Waals surface area contributed by atoms with Crippen molar-refractivity contribution in [2.45, 2.75) is 6.42 Å². The normalized spacial score (nSPS) is 10.4. The van der Waals surface area contributed by atoms with Crippen LogP contribution in [0.4, 0.5) is 5.69 Å². The highest BCUT2D eigenvalue weighted by Crippen LogP contribution is 2.23. The van der Waals surface area contributed by atoms with E-state index >= 15 is 0 Å². The Balaban J connectivity index is 1.55. The largest absolute Gasteiger partial charge is 0.493 e. The lowest BCUT2D eigenvalue weighted by molar-refractivity contribution is 0.102. The standard InChI is InChI=1S/C21H17Cl2NO2/c22-17-12-18(23)14-19(13-17)24-21(25)16-6-8-20(9-7-16)26-11-10-15-4-2-1-3-5-15/h1-9,12-14H,10-11H2,(H,24,25). The van der Waals surface area contributed by atoms with Crippen LogP contribution < -0.4 is 10.1 Å². The Kier molecular flexibility index (Phi) is 6.16. The Morgan fingerprint density at radius 1 is 0.885 bits per heavy atom. The molecule has 0 saturated heterocycles. The number of ether oxygens (including phenoxy) is 1. The number of nitrogens with one attached hydrogen (secondary N) is 1. The van der Waals surface area contributed by atoms with Crippen LogP contribution in [0.2, 0.25) is 10.0 Å². The quantitative estimate of drug-likeness (QED) is 0.576. The lowest BCUT2D eigenvalue weighted by atomic mass is 10.2. The smallest absolute Gasteiger partial charge is 0.255 e. The molecular formula is C21H17Cl2NO2. The Hall–Kier alpha value is -2.49. The lowest BCUT2D eigenvalue weighted by Gasteiger charge is -2.09. The molecule has 0 aliphatic carbocycles. The summed E-state index contributed by atoms with van der Waals surface area (Å²) in [6.07, 6.45) is 0.832. The van der Waals surface area contributed by atoms with Crippen molar-refractivity contribution < 1.29 is 9.53 Å². The van der Waals surface area contributed by atoms with E-state index in [0.717, 1.165) is 12.2 Å². The number of hydrogen-bond donors (Lipinski definition) is 1. The maximum atomic E-state index is 12.3. The van der Waals surface area contributed by atoms with Crippen LogP contribution in [-0.4, -0.2) is 12.5 Å². The molecule has 0 heterocycles. The highest BCUT2D eigenvalue weighted by Gasteiger charge is 2.08. The van der Waals surface area contributed by atoms with E-state index in [9.17, 15) is 4.79 Å². The molecule has 0 radical (unpaired) electrons. The third kappa shape index (κ3) is 5.25. The summed E-state index contributed by atoms with van der Waals surface area (Å²) in [6, 6.07) is 22.1. The Bertz CT molecular complexity index is 860. The van der Waals surface area contributed by atoms with Crippen LogP contribution in [0.5, 0.6) is 5.75 Å². The van der Waals surface area contributed by atoms with Crippen molar-refractivity contribution in [3.63, 3.8) is 0 Å². The van der Waals surface area contributed by atoms with Gasteiger partial charge in [0, 0.05) is 27.7 Å². The Morgan fingerprint density at radius 2 is 1.54 bits per heavy atom. The van der Waals surface area contributed by atoms with Crippen molar-refractivity contribution >= 4 is 34.8 Å². The van der Waals surface area contributed by atoms with Gasteiger partial charge in [-0.3, -0.25) is 4.79 Å². The first kappa shape index (κ1) is 18.3. The first-order valence-corrected chi connectivity index (χ1v) is 8.90. The van der Waals surface area contributed by atoms with E-state index in [2.05, 4.69) is 17.4 Å². The fourth-order valence-electron chi connectivity index (χ4n) is 2.46.